The second-order valence-electron chi connectivity index (χ2n) is 6.41. The minimum atomic E-state index is -3.46. The average Bonchev–Trinajstić information content (AvgIpc) is 3.00. The first-order valence-electron chi connectivity index (χ1n) is 7.39. The fourth-order valence-corrected chi connectivity index (χ4v) is 6.20. The van der Waals surface area contributed by atoms with Gasteiger partial charge in [0, 0.05) is 23.8 Å². The van der Waals surface area contributed by atoms with Gasteiger partial charge in [0.2, 0.25) is 10.0 Å². The van der Waals surface area contributed by atoms with Crippen LogP contribution in [-0.4, -0.2) is 26.3 Å². The molecule has 0 saturated heterocycles. The van der Waals surface area contributed by atoms with Crippen LogP contribution in [0.5, 0.6) is 0 Å². The summed E-state index contributed by atoms with van der Waals surface area (Å²) in [7, 11) is -1.78. The number of sulfonamides is 1. The lowest BCUT2D eigenvalue weighted by atomic mass is 9.89. The smallest absolute Gasteiger partial charge is 0.243 e. The molecule has 0 aromatic heterocycles. The van der Waals surface area contributed by atoms with Gasteiger partial charge < -0.3 is 5.73 Å². The highest BCUT2D eigenvalue weighted by molar-refractivity contribution is 9.10. The minimum Gasteiger partial charge on any atom is -0.399 e. The molecule has 6 heteroatoms. The van der Waals surface area contributed by atoms with E-state index in [2.05, 4.69) is 15.9 Å². The van der Waals surface area contributed by atoms with E-state index in [-0.39, 0.29) is 0 Å². The minimum absolute atomic E-state index is 0.294. The average molecular weight is 373 g/mol. The maximum atomic E-state index is 12.7. The van der Waals surface area contributed by atoms with Gasteiger partial charge in [-0.15, -0.1) is 0 Å². The van der Waals surface area contributed by atoms with Gasteiger partial charge in [-0.2, -0.15) is 0 Å². The number of hydrogen-bond donors (Lipinski definition) is 1. The predicted molar refractivity (Wildman–Crippen MR) is 87.3 cm³/mol. The van der Waals surface area contributed by atoms with Gasteiger partial charge in [0.05, 0.1) is 4.90 Å². The van der Waals surface area contributed by atoms with Crippen LogP contribution in [0.25, 0.3) is 0 Å². The Bertz CT molecular complexity index is 647. The van der Waals surface area contributed by atoms with Crippen molar-refractivity contribution < 1.29 is 8.42 Å². The second kappa shape index (κ2) is 5.56. The Labute approximate surface area is 134 Å². The highest BCUT2D eigenvalue weighted by Crippen LogP contribution is 2.48. The number of fused-ring (bicyclic) bond motifs is 2. The lowest BCUT2D eigenvalue weighted by molar-refractivity contribution is 0.280. The largest absolute Gasteiger partial charge is 0.399 e. The predicted octanol–water partition coefficient (Wildman–Crippen LogP) is 3.09. The Balaban J connectivity index is 1.78. The fraction of sp³-hybridized carbons (Fsp3) is 0.600. The zero-order valence-corrected chi connectivity index (χ0v) is 14.5. The van der Waals surface area contributed by atoms with Crippen molar-refractivity contribution in [3.05, 3.63) is 22.7 Å². The van der Waals surface area contributed by atoms with E-state index < -0.39 is 10.0 Å². The van der Waals surface area contributed by atoms with Gasteiger partial charge >= 0.3 is 0 Å². The zero-order chi connectivity index (χ0) is 15.2. The van der Waals surface area contributed by atoms with Crippen LogP contribution < -0.4 is 5.73 Å². The molecular formula is C15H21BrN2O2S. The van der Waals surface area contributed by atoms with Crippen molar-refractivity contribution in [1.29, 1.82) is 0 Å². The maximum absolute atomic E-state index is 12.7. The van der Waals surface area contributed by atoms with Crippen molar-refractivity contribution in [3.8, 4) is 0 Å². The third-order valence-corrected chi connectivity index (χ3v) is 7.82. The van der Waals surface area contributed by atoms with E-state index in [0.29, 0.717) is 27.5 Å². The van der Waals surface area contributed by atoms with Crippen molar-refractivity contribution in [3.63, 3.8) is 0 Å². The van der Waals surface area contributed by atoms with E-state index in [1.807, 2.05) is 0 Å². The summed E-state index contributed by atoms with van der Waals surface area (Å²) >= 11 is 3.31. The first-order valence-corrected chi connectivity index (χ1v) is 9.62. The van der Waals surface area contributed by atoms with Crippen LogP contribution in [0.2, 0.25) is 0 Å². The molecule has 3 atom stereocenters. The normalized spacial score (nSPS) is 28.4. The van der Waals surface area contributed by atoms with Gasteiger partial charge in [-0.05, 0) is 71.1 Å². The lowest BCUT2D eigenvalue weighted by Crippen LogP contribution is -2.34. The van der Waals surface area contributed by atoms with Gasteiger partial charge in [0.15, 0.2) is 0 Å². The summed E-state index contributed by atoms with van der Waals surface area (Å²) in [4.78, 5) is 0.294. The number of rotatable bonds is 4. The molecule has 0 radical (unpaired) electrons. The molecule has 4 nitrogen and oxygen atoms in total. The molecule has 116 valence electrons. The zero-order valence-electron chi connectivity index (χ0n) is 12.1. The molecule has 0 heterocycles. The summed E-state index contributed by atoms with van der Waals surface area (Å²) in [5, 5.41) is 0. The number of nitrogen functional groups attached to an aromatic ring is 1. The molecule has 1 aromatic carbocycles. The summed E-state index contributed by atoms with van der Waals surface area (Å²) in [6, 6.07) is 4.84. The molecule has 2 aliphatic rings. The molecule has 0 aliphatic heterocycles. The molecular weight excluding hydrogens is 352 g/mol. The first kappa shape index (κ1) is 15.3. The number of nitrogens with zero attached hydrogens (tertiary/aromatic N) is 1. The van der Waals surface area contributed by atoms with Crippen molar-refractivity contribution in [2.75, 3.05) is 19.3 Å². The van der Waals surface area contributed by atoms with Crippen LogP contribution in [0.15, 0.2) is 27.6 Å². The van der Waals surface area contributed by atoms with Crippen LogP contribution in [0.3, 0.4) is 0 Å². The highest BCUT2D eigenvalue weighted by Gasteiger charge is 2.41. The lowest BCUT2D eigenvalue weighted by Gasteiger charge is -2.27. The van der Waals surface area contributed by atoms with Gasteiger partial charge in [-0.3, -0.25) is 0 Å². The quantitative estimate of drug-likeness (QED) is 0.825. The van der Waals surface area contributed by atoms with Gasteiger partial charge in [-0.25, -0.2) is 12.7 Å². The van der Waals surface area contributed by atoms with Crippen LogP contribution >= 0.6 is 15.9 Å². The summed E-state index contributed by atoms with van der Waals surface area (Å²) in [6.07, 6.45) is 5.09. The second-order valence-corrected chi connectivity index (χ2v) is 9.28. The summed E-state index contributed by atoms with van der Waals surface area (Å²) < 4.78 is 27.5. The Morgan fingerprint density at radius 3 is 2.67 bits per heavy atom. The first-order chi connectivity index (χ1) is 9.88. The number of halogens is 1. The summed E-state index contributed by atoms with van der Waals surface area (Å²) in [5.41, 5.74) is 6.23. The van der Waals surface area contributed by atoms with E-state index >= 15 is 0 Å². The van der Waals surface area contributed by atoms with Crippen LogP contribution in [0.4, 0.5) is 5.69 Å². The third-order valence-electron chi connectivity index (χ3n) is 5.02. The van der Waals surface area contributed by atoms with E-state index in [0.717, 1.165) is 11.8 Å². The molecule has 2 bridgehead atoms. The van der Waals surface area contributed by atoms with Crippen molar-refractivity contribution in [2.45, 2.75) is 30.6 Å². The standard InChI is InChI=1S/C15H21BrN2O2S/c1-18(9-12-7-10-2-3-11(12)6-10)21(19,20)15-5-4-13(17)8-14(15)16/h4-5,8,10-12H,2-3,6-7,9,17H2,1H3. The molecule has 0 amide bonds. The van der Waals surface area contributed by atoms with Crippen molar-refractivity contribution in [1.82, 2.24) is 4.31 Å². The summed E-state index contributed by atoms with van der Waals surface area (Å²) in [6.45, 7) is 0.625. The molecule has 3 unspecified atom stereocenters. The van der Waals surface area contributed by atoms with Crippen molar-refractivity contribution >= 4 is 31.6 Å². The summed E-state index contributed by atoms with van der Waals surface area (Å²) in [5.74, 6) is 2.08. The Kier molecular flexibility index (Phi) is 4.05. The maximum Gasteiger partial charge on any atom is 0.243 e. The van der Waals surface area contributed by atoms with Crippen LogP contribution in [0, 0.1) is 17.8 Å². The number of hydrogen-bond acceptors (Lipinski definition) is 3. The van der Waals surface area contributed by atoms with E-state index in [1.54, 1.807) is 25.2 Å². The molecule has 2 aliphatic carbocycles. The van der Waals surface area contributed by atoms with Gasteiger partial charge in [-0.1, -0.05) is 6.42 Å². The van der Waals surface area contributed by atoms with Crippen LogP contribution in [-0.2, 0) is 10.0 Å². The third kappa shape index (κ3) is 2.85. The van der Waals surface area contributed by atoms with E-state index in [1.165, 1.54) is 30.0 Å². The fourth-order valence-electron chi connectivity index (χ4n) is 3.92. The molecule has 2 fully saturated rings. The molecule has 2 N–H and O–H groups in total. The Morgan fingerprint density at radius 1 is 1.33 bits per heavy atom. The van der Waals surface area contributed by atoms with E-state index in [9.17, 15) is 8.42 Å². The Morgan fingerprint density at radius 2 is 2.10 bits per heavy atom. The number of anilines is 1. The van der Waals surface area contributed by atoms with Crippen LogP contribution in [0.1, 0.15) is 25.7 Å². The highest BCUT2D eigenvalue weighted by atomic mass is 79.9. The molecule has 1 aromatic rings. The topological polar surface area (TPSA) is 63.4 Å². The molecule has 2 saturated carbocycles. The molecule has 0 spiro atoms. The molecule has 3 rings (SSSR count). The number of benzene rings is 1. The monoisotopic (exact) mass is 372 g/mol. The molecule has 21 heavy (non-hydrogen) atoms. The SMILES string of the molecule is CN(CC1CC2CCC1C2)S(=O)(=O)c1ccc(N)cc1Br. The number of nitrogens with two attached hydrogens (primary N) is 1. The van der Waals surface area contributed by atoms with E-state index in [4.69, 9.17) is 5.73 Å². The van der Waals surface area contributed by atoms with Gasteiger partial charge in [0.25, 0.3) is 0 Å². The van der Waals surface area contributed by atoms with Crippen molar-refractivity contribution in [2.24, 2.45) is 17.8 Å². The Hall–Kier alpha value is -0.590. The van der Waals surface area contributed by atoms with Gasteiger partial charge in [0.1, 0.15) is 0 Å².